The summed E-state index contributed by atoms with van der Waals surface area (Å²) in [5, 5.41) is 19.0. The Kier molecular flexibility index (Phi) is 3.19. The number of carbonyl (C=O) groups is 3. The van der Waals surface area contributed by atoms with Crippen LogP contribution in [0.25, 0.3) is 0 Å². The van der Waals surface area contributed by atoms with Crippen LogP contribution in [0.2, 0.25) is 5.02 Å². The number of aromatic carboxylic acids is 1. The fourth-order valence-electron chi connectivity index (χ4n) is 4.11. The number of carbonyl (C=O) groups excluding carboxylic acids is 2. The number of imide groups is 1. The number of aliphatic hydroxyl groups is 1. The van der Waals surface area contributed by atoms with Crippen LogP contribution in [0.1, 0.15) is 17.3 Å². The van der Waals surface area contributed by atoms with E-state index < -0.39 is 47.4 Å². The summed E-state index contributed by atoms with van der Waals surface area (Å²) in [5.74, 6) is -3.85. The Hall–Kier alpha value is -2.22. The molecule has 1 aromatic carbocycles. The number of halogens is 1. The first-order valence-corrected chi connectivity index (χ1v) is 8.04. The average molecular weight is 364 g/mol. The summed E-state index contributed by atoms with van der Waals surface area (Å²) in [5.41, 5.74) is -2.25. The molecule has 0 aromatic heterocycles. The maximum Gasteiger partial charge on any atom is 0.337 e. The summed E-state index contributed by atoms with van der Waals surface area (Å²) in [7, 11) is 0. The van der Waals surface area contributed by atoms with E-state index in [0.29, 0.717) is 0 Å². The molecule has 8 heteroatoms. The van der Waals surface area contributed by atoms with Gasteiger partial charge in [0.15, 0.2) is 0 Å². The van der Waals surface area contributed by atoms with Gasteiger partial charge in [-0.2, -0.15) is 0 Å². The van der Waals surface area contributed by atoms with E-state index in [-0.39, 0.29) is 16.3 Å². The maximum atomic E-state index is 13.0. The predicted molar refractivity (Wildman–Crippen MR) is 86.3 cm³/mol. The highest BCUT2D eigenvalue weighted by Gasteiger charge is 2.72. The van der Waals surface area contributed by atoms with E-state index in [1.807, 2.05) is 0 Å². The van der Waals surface area contributed by atoms with Crippen LogP contribution in [0, 0.1) is 11.8 Å². The topological polar surface area (TPSA) is 104 Å². The molecule has 4 rings (SSSR count). The van der Waals surface area contributed by atoms with Gasteiger partial charge in [-0.05, 0) is 25.1 Å². The molecule has 2 N–H and O–H groups in total. The number of hydrogen-bond donors (Lipinski definition) is 2. The van der Waals surface area contributed by atoms with Crippen LogP contribution in [-0.2, 0) is 14.3 Å². The van der Waals surface area contributed by atoms with Crippen LogP contribution in [0.4, 0.5) is 5.69 Å². The molecule has 0 unspecified atom stereocenters. The van der Waals surface area contributed by atoms with E-state index in [2.05, 4.69) is 0 Å². The number of aliphatic hydroxyl groups excluding tert-OH is 1. The van der Waals surface area contributed by atoms with Crippen LogP contribution < -0.4 is 4.90 Å². The van der Waals surface area contributed by atoms with E-state index >= 15 is 0 Å². The van der Waals surface area contributed by atoms with E-state index in [1.54, 1.807) is 19.1 Å². The molecule has 4 atom stereocenters. The Morgan fingerprint density at radius 1 is 1.28 bits per heavy atom. The van der Waals surface area contributed by atoms with Gasteiger partial charge in [-0.25, -0.2) is 9.69 Å². The SMILES string of the molecule is C[C@@]12C=C[C@@](CO)(O1)[C@H]1C(=O)N(c3ccc(Cl)c(C(=O)O)c3)C(=O)[C@@H]12. The number of ether oxygens (including phenoxy) is 1. The average Bonchev–Trinajstić information content (AvgIpc) is 3.14. The van der Waals surface area contributed by atoms with Crippen molar-refractivity contribution >= 4 is 35.1 Å². The summed E-state index contributed by atoms with van der Waals surface area (Å²) in [6.07, 6.45) is 3.33. The molecule has 3 aliphatic heterocycles. The molecule has 3 aliphatic rings. The van der Waals surface area contributed by atoms with Gasteiger partial charge in [0.2, 0.25) is 11.8 Å². The number of amides is 2. The number of nitrogens with zero attached hydrogens (tertiary/aromatic N) is 1. The third-order valence-electron chi connectivity index (χ3n) is 5.24. The quantitative estimate of drug-likeness (QED) is 0.618. The first kappa shape index (κ1) is 16.3. The zero-order valence-electron chi connectivity index (χ0n) is 13.1. The number of rotatable bonds is 3. The lowest BCUT2D eigenvalue weighted by molar-refractivity contribution is -0.131. The molecule has 2 bridgehead atoms. The second-order valence-corrected chi connectivity index (χ2v) is 7.08. The number of carboxylic acid groups (broad SMARTS) is 1. The summed E-state index contributed by atoms with van der Waals surface area (Å²) in [4.78, 5) is 38.1. The Bertz CT molecular complexity index is 867. The van der Waals surface area contributed by atoms with E-state index in [1.165, 1.54) is 18.2 Å². The van der Waals surface area contributed by atoms with Gasteiger partial charge in [0, 0.05) is 0 Å². The molecule has 25 heavy (non-hydrogen) atoms. The lowest BCUT2D eigenvalue weighted by Gasteiger charge is -2.27. The minimum atomic E-state index is -1.25. The predicted octanol–water partition coefficient (Wildman–Crippen LogP) is 1.23. The molecule has 1 aromatic rings. The molecule has 0 radical (unpaired) electrons. The highest BCUT2D eigenvalue weighted by atomic mass is 35.5. The van der Waals surface area contributed by atoms with Crippen molar-refractivity contribution in [3.8, 4) is 0 Å². The molecular formula is C17H14ClNO6. The lowest BCUT2D eigenvalue weighted by Crippen LogP contribution is -2.43. The Balaban J connectivity index is 1.81. The smallest absolute Gasteiger partial charge is 0.337 e. The number of hydrogen-bond acceptors (Lipinski definition) is 5. The van der Waals surface area contributed by atoms with Crippen molar-refractivity contribution in [2.24, 2.45) is 11.8 Å². The first-order valence-electron chi connectivity index (χ1n) is 7.66. The molecule has 0 spiro atoms. The summed E-state index contributed by atoms with van der Waals surface area (Å²) in [6.45, 7) is 1.28. The molecular weight excluding hydrogens is 350 g/mol. The van der Waals surface area contributed by atoms with Crippen molar-refractivity contribution in [1.82, 2.24) is 0 Å². The standard InChI is InChI=1S/C17H14ClNO6/c1-16-4-5-17(7-20,25-16)12-11(16)13(21)19(14(12)22)8-2-3-10(18)9(6-8)15(23)24/h2-6,11-12,20H,7H2,1H3,(H,23,24)/t11-,12-,16+,17+/m1/s1. The first-order chi connectivity index (χ1) is 11.7. The molecule has 2 fully saturated rings. The van der Waals surface area contributed by atoms with Crippen molar-refractivity contribution in [3.63, 3.8) is 0 Å². The van der Waals surface area contributed by atoms with Crippen LogP contribution in [0.15, 0.2) is 30.4 Å². The van der Waals surface area contributed by atoms with Crippen LogP contribution in [-0.4, -0.2) is 45.8 Å². The highest BCUT2D eigenvalue weighted by Crippen LogP contribution is 2.57. The summed E-state index contributed by atoms with van der Waals surface area (Å²) < 4.78 is 5.83. The van der Waals surface area contributed by atoms with Crippen molar-refractivity contribution in [1.29, 1.82) is 0 Å². The Morgan fingerprint density at radius 2 is 1.96 bits per heavy atom. The number of carboxylic acids is 1. The van der Waals surface area contributed by atoms with Gasteiger partial charge in [0.05, 0.1) is 40.3 Å². The van der Waals surface area contributed by atoms with Gasteiger partial charge in [-0.1, -0.05) is 23.8 Å². The highest BCUT2D eigenvalue weighted by molar-refractivity contribution is 6.34. The van der Waals surface area contributed by atoms with Crippen LogP contribution >= 0.6 is 11.6 Å². The van der Waals surface area contributed by atoms with E-state index in [0.717, 1.165) is 4.90 Å². The number of anilines is 1. The third kappa shape index (κ3) is 1.91. The molecule has 0 aliphatic carbocycles. The second-order valence-electron chi connectivity index (χ2n) is 6.67. The van der Waals surface area contributed by atoms with Gasteiger partial charge in [-0.15, -0.1) is 0 Å². The lowest BCUT2D eigenvalue weighted by atomic mass is 9.73. The maximum absolute atomic E-state index is 13.0. The minimum absolute atomic E-state index is 0.0133. The third-order valence-corrected chi connectivity index (χ3v) is 5.57. The fourth-order valence-corrected chi connectivity index (χ4v) is 4.31. The van der Waals surface area contributed by atoms with Crippen LogP contribution in [0.5, 0.6) is 0 Å². The van der Waals surface area contributed by atoms with Crippen LogP contribution in [0.3, 0.4) is 0 Å². The molecule has 130 valence electrons. The molecule has 2 saturated heterocycles. The van der Waals surface area contributed by atoms with Crippen molar-refractivity contribution in [3.05, 3.63) is 40.9 Å². The zero-order chi connectivity index (χ0) is 18.1. The summed E-state index contributed by atoms with van der Waals surface area (Å²) >= 11 is 5.86. The molecule has 3 heterocycles. The number of benzene rings is 1. The van der Waals surface area contributed by atoms with Gasteiger partial charge < -0.3 is 14.9 Å². The van der Waals surface area contributed by atoms with Crippen molar-refractivity contribution in [2.45, 2.75) is 18.1 Å². The Morgan fingerprint density at radius 3 is 2.60 bits per heavy atom. The second kappa shape index (κ2) is 4.91. The normalized spacial score (nSPS) is 35.6. The largest absolute Gasteiger partial charge is 0.478 e. The monoisotopic (exact) mass is 363 g/mol. The Labute approximate surface area is 147 Å². The summed E-state index contributed by atoms with van der Waals surface area (Å²) in [6, 6.07) is 3.96. The van der Waals surface area contributed by atoms with Gasteiger partial charge >= 0.3 is 5.97 Å². The number of fused-ring (bicyclic) bond motifs is 5. The van der Waals surface area contributed by atoms with Gasteiger partial charge in [0.1, 0.15) is 5.60 Å². The minimum Gasteiger partial charge on any atom is -0.478 e. The zero-order valence-corrected chi connectivity index (χ0v) is 13.9. The molecule has 7 nitrogen and oxygen atoms in total. The van der Waals surface area contributed by atoms with E-state index in [9.17, 15) is 24.6 Å². The molecule has 0 saturated carbocycles. The van der Waals surface area contributed by atoms with Crippen molar-refractivity contribution in [2.75, 3.05) is 11.5 Å². The van der Waals surface area contributed by atoms with Gasteiger partial charge in [-0.3, -0.25) is 9.59 Å². The molecule has 2 amide bonds. The van der Waals surface area contributed by atoms with Gasteiger partial charge in [0.25, 0.3) is 0 Å². The van der Waals surface area contributed by atoms with E-state index in [4.69, 9.17) is 16.3 Å². The van der Waals surface area contributed by atoms with Crippen molar-refractivity contribution < 1.29 is 29.3 Å². The fraction of sp³-hybridized carbons (Fsp3) is 0.353.